The molecule has 2 aromatic rings. The lowest BCUT2D eigenvalue weighted by molar-refractivity contribution is -0.117. The number of nitrogens with one attached hydrogen (secondary N) is 2. The molecule has 26 heavy (non-hydrogen) atoms. The Morgan fingerprint density at radius 1 is 1.15 bits per heavy atom. The average Bonchev–Trinajstić information content (AvgIpc) is 3.02. The summed E-state index contributed by atoms with van der Waals surface area (Å²) in [4.78, 5) is 26.2. The van der Waals surface area contributed by atoms with E-state index in [4.69, 9.17) is 4.74 Å². The van der Waals surface area contributed by atoms with Crippen molar-refractivity contribution in [3.63, 3.8) is 0 Å². The number of urea groups is 1. The van der Waals surface area contributed by atoms with Gasteiger partial charge in [-0.3, -0.25) is 4.79 Å². The van der Waals surface area contributed by atoms with E-state index in [1.807, 2.05) is 61.5 Å². The Bertz CT molecular complexity index is 762. The highest BCUT2D eigenvalue weighted by Crippen LogP contribution is 2.24. The van der Waals surface area contributed by atoms with E-state index in [1.54, 1.807) is 12.0 Å². The zero-order valence-corrected chi connectivity index (χ0v) is 14.9. The molecule has 0 aliphatic carbocycles. The first-order valence-corrected chi connectivity index (χ1v) is 8.63. The molecule has 2 atom stereocenters. The van der Waals surface area contributed by atoms with Crippen LogP contribution in [0.5, 0.6) is 5.75 Å². The standard InChI is InChI=1S/C20H23N3O3/c1-14(15-6-4-3-5-7-15)21-20(25)22-16-12-19(24)23(13-16)17-8-10-18(26-2)11-9-17/h3-11,14,16H,12-13H2,1-2H3,(H2,21,22,25)/t14-,16+/m0/s1. The largest absolute Gasteiger partial charge is 0.497 e. The molecule has 3 amide bonds. The molecule has 1 saturated heterocycles. The van der Waals surface area contributed by atoms with Crippen molar-refractivity contribution < 1.29 is 14.3 Å². The fourth-order valence-electron chi connectivity index (χ4n) is 3.06. The van der Waals surface area contributed by atoms with Gasteiger partial charge < -0.3 is 20.3 Å². The Balaban J connectivity index is 1.55. The highest BCUT2D eigenvalue weighted by atomic mass is 16.5. The number of nitrogens with zero attached hydrogens (tertiary/aromatic N) is 1. The molecule has 2 N–H and O–H groups in total. The molecule has 1 aliphatic heterocycles. The molecule has 3 rings (SSSR count). The van der Waals surface area contributed by atoms with Crippen LogP contribution < -0.4 is 20.3 Å². The van der Waals surface area contributed by atoms with E-state index in [0.29, 0.717) is 13.0 Å². The molecule has 0 unspecified atom stereocenters. The number of hydrogen-bond donors (Lipinski definition) is 2. The summed E-state index contributed by atoms with van der Waals surface area (Å²) in [6, 6.07) is 16.5. The van der Waals surface area contributed by atoms with Crippen molar-refractivity contribution in [3.05, 3.63) is 60.2 Å². The molecule has 1 heterocycles. The lowest BCUT2D eigenvalue weighted by Gasteiger charge is -2.19. The second-order valence-electron chi connectivity index (χ2n) is 6.35. The molecular formula is C20H23N3O3. The quantitative estimate of drug-likeness (QED) is 0.868. The predicted octanol–water partition coefficient (Wildman–Crippen LogP) is 2.86. The maximum atomic E-state index is 12.3. The van der Waals surface area contributed by atoms with Gasteiger partial charge in [0, 0.05) is 18.7 Å². The van der Waals surface area contributed by atoms with E-state index in [1.165, 1.54) is 0 Å². The Morgan fingerprint density at radius 3 is 2.50 bits per heavy atom. The summed E-state index contributed by atoms with van der Waals surface area (Å²) >= 11 is 0. The maximum absolute atomic E-state index is 12.3. The van der Waals surface area contributed by atoms with Crippen molar-refractivity contribution in [1.82, 2.24) is 10.6 Å². The number of ether oxygens (including phenoxy) is 1. The van der Waals surface area contributed by atoms with Crippen molar-refractivity contribution in [2.45, 2.75) is 25.4 Å². The molecule has 0 spiro atoms. The number of benzene rings is 2. The molecule has 1 aliphatic rings. The highest BCUT2D eigenvalue weighted by molar-refractivity contribution is 5.96. The summed E-state index contributed by atoms with van der Waals surface area (Å²) in [5.41, 5.74) is 1.84. The van der Waals surface area contributed by atoms with E-state index < -0.39 is 0 Å². The van der Waals surface area contributed by atoms with Gasteiger partial charge in [-0.25, -0.2) is 4.79 Å². The van der Waals surface area contributed by atoms with E-state index in [2.05, 4.69) is 10.6 Å². The number of rotatable bonds is 5. The minimum absolute atomic E-state index is 0.00317. The fraction of sp³-hybridized carbons (Fsp3) is 0.300. The third-order valence-electron chi connectivity index (χ3n) is 4.49. The van der Waals surface area contributed by atoms with Gasteiger partial charge in [0.1, 0.15) is 5.75 Å². The van der Waals surface area contributed by atoms with Crippen LogP contribution >= 0.6 is 0 Å². The molecule has 136 valence electrons. The average molecular weight is 353 g/mol. The van der Waals surface area contributed by atoms with Crippen LogP contribution in [0.25, 0.3) is 0 Å². The SMILES string of the molecule is COc1ccc(N2C[C@H](NC(=O)N[C@@H](C)c3ccccc3)CC2=O)cc1. The molecule has 1 fully saturated rings. The van der Waals surface area contributed by atoms with Crippen LogP contribution in [0.15, 0.2) is 54.6 Å². The fourth-order valence-corrected chi connectivity index (χ4v) is 3.06. The maximum Gasteiger partial charge on any atom is 0.315 e. The number of carbonyl (C=O) groups excluding carboxylic acids is 2. The molecule has 6 heteroatoms. The van der Waals surface area contributed by atoms with Crippen LogP contribution in [-0.2, 0) is 4.79 Å². The number of methoxy groups -OCH3 is 1. The predicted molar refractivity (Wildman–Crippen MR) is 100 cm³/mol. The zero-order chi connectivity index (χ0) is 18.5. The monoisotopic (exact) mass is 353 g/mol. The third-order valence-corrected chi connectivity index (χ3v) is 4.49. The van der Waals surface area contributed by atoms with Crippen molar-refractivity contribution >= 4 is 17.6 Å². The van der Waals surface area contributed by atoms with Crippen LogP contribution in [0.3, 0.4) is 0 Å². The first kappa shape index (κ1) is 17.8. The highest BCUT2D eigenvalue weighted by Gasteiger charge is 2.31. The molecule has 0 radical (unpaired) electrons. The smallest absolute Gasteiger partial charge is 0.315 e. The van der Waals surface area contributed by atoms with Crippen molar-refractivity contribution in [1.29, 1.82) is 0 Å². The van der Waals surface area contributed by atoms with Gasteiger partial charge >= 0.3 is 6.03 Å². The lowest BCUT2D eigenvalue weighted by Crippen LogP contribution is -2.44. The van der Waals surface area contributed by atoms with Crippen molar-refractivity contribution in [3.8, 4) is 5.75 Å². The topological polar surface area (TPSA) is 70.7 Å². The molecule has 0 aromatic heterocycles. The minimum Gasteiger partial charge on any atom is -0.497 e. The van der Waals surface area contributed by atoms with Crippen LogP contribution in [0.4, 0.5) is 10.5 Å². The van der Waals surface area contributed by atoms with E-state index in [9.17, 15) is 9.59 Å². The Labute approximate surface area is 153 Å². The van der Waals surface area contributed by atoms with Crippen molar-refractivity contribution in [2.24, 2.45) is 0 Å². The van der Waals surface area contributed by atoms with Gasteiger partial charge in [0.05, 0.1) is 19.2 Å². The van der Waals surface area contributed by atoms with Crippen LogP contribution in [-0.4, -0.2) is 31.6 Å². The van der Waals surface area contributed by atoms with Gasteiger partial charge in [0.2, 0.25) is 5.91 Å². The molecule has 0 bridgehead atoms. The Kier molecular flexibility index (Phi) is 5.41. The summed E-state index contributed by atoms with van der Waals surface area (Å²) in [6.07, 6.45) is 0.291. The minimum atomic E-state index is -0.268. The van der Waals surface area contributed by atoms with Crippen LogP contribution in [0.2, 0.25) is 0 Å². The zero-order valence-electron chi connectivity index (χ0n) is 14.9. The normalized spacial score (nSPS) is 17.7. The molecule has 0 saturated carbocycles. The summed E-state index contributed by atoms with van der Waals surface area (Å²) < 4.78 is 5.14. The van der Waals surface area contributed by atoms with Crippen LogP contribution in [0.1, 0.15) is 24.9 Å². The summed E-state index contributed by atoms with van der Waals surface area (Å²) in [5, 5.41) is 5.81. The number of carbonyl (C=O) groups is 2. The number of hydrogen-bond acceptors (Lipinski definition) is 3. The Morgan fingerprint density at radius 2 is 1.85 bits per heavy atom. The van der Waals surface area contributed by atoms with Gasteiger partial charge in [0.25, 0.3) is 0 Å². The van der Waals surface area contributed by atoms with Crippen LogP contribution in [0, 0.1) is 0 Å². The van der Waals surface area contributed by atoms with Gasteiger partial charge in [0.15, 0.2) is 0 Å². The molecule has 2 aromatic carbocycles. The molecular weight excluding hydrogens is 330 g/mol. The van der Waals surface area contributed by atoms with Gasteiger partial charge in [-0.15, -0.1) is 0 Å². The van der Waals surface area contributed by atoms with Gasteiger partial charge in [-0.1, -0.05) is 30.3 Å². The van der Waals surface area contributed by atoms with E-state index in [-0.39, 0.29) is 24.0 Å². The van der Waals surface area contributed by atoms with Gasteiger partial charge in [-0.2, -0.15) is 0 Å². The second-order valence-corrected chi connectivity index (χ2v) is 6.35. The summed E-state index contributed by atoms with van der Waals surface area (Å²) in [5.74, 6) is 0.737. The number of amides is 3. The number of anilines is 1. The second kappa shape index (κ2) is 7.91. The summed E-state index contributed by atoms with van der Waals surface area (Å²) in [7, 11) is 1.60. The first-order chi connectivity index (χ1) is 12.6. The first-order valence-electron chi connectivity index (χ1n) is 8.63. The molecule has 6 nitrogen and oxygen atoms in total. The van der Waals surface area contributed by atoms with E-state index >= 15 is 0 Å². The van der Waals surface area contributed by atoms with Gasteiger partial charge in [-0.05, 0) is 36.8 Å². The summed E-state index contributed by atoms with van der Waals surface area (Å²) in [6.45, 7) is 2.39. The Hall–Kier alpha value is -3.02. The third kappa shape index (κ3) is 4.14. The lowest BCUT2D eigenvalue weighted by atomic mass is 10.1. The van der Waals surface area contributed by atoms with E-state index in [0.717, 1.165) is 17.0 Å². The van der Waals surface area contributed by atoms with Crippen molar-refractivity contribution in [2.75, 3.05) is 18.6 Å².